The highest BCUT2D eigenvalue weighted by atomic mass is 16.7. The summed E-state index contributed by atoms with van der Waals surface area (Å²) in [6, 6.07) is 0. The largest absolute Gasteiger partial charge is 0.379 e. The standard InChI is InChI=1S/C22H44O6/c1-5-9-13-24-17-18-19(25-14-10-6-2)20(26-15-11-7-3)21(22(23)28-18)27-16-12-8-4/h18-23H,5-17H2,1-4H3. The average Bonchev–Trinajstić information content (AvgIpc) is 2.69. The zero-order chi connectivity index (χ0) is 20.6. The molecule has 0 aromatic heterocycles. The molecule has 0 aromatic rings. The molecule has 1 saturated heterocycles. The minimum atomic E-state index is -1.03. The van der Waals surface area contributed by atoms with Crippen molar-refractivity contribution in [2.45, 2.75) is 110 Å². The fourth-order valence-electron chi connectivity index (χ4n) is 3.13. The van der Waals surface area contributed by atoms with E-state index in [9.17, 15) is 5.11 Å². The fourth-order valence-corrected chi connectivity index (χ4v) is 3.13. The van der Waals surface area contributed by atoms with Gasteiger partial charge in [-0.1, -0.05) is 53.4 Å². The van der Waals surface area contributed by atoms with Crippen molar-refractivity contribution in [3.63, 3.8) is 0 Å². The molecule has 0 aromatic carbocycles. The molecule has 6 heteroatoms. The highest BCUT2D eigenvalue weighted by molar-refractivity contribution is 4.92. The number of aliphatic hydroxyl groups is 1. The lowest BCUT2D eigenvalue weighted by molar-refractivity contribution is -0.312. The third-order valence-corrected chi connectivity index (χ3v) is 4.96. The number of unbranched alkanes of at least 4 members (excludes halogenated alkanes) is 4. The maximum absolute atomic E-state index is 10.6. The van der Waals surface area contributed by atoms with Gasteiger partial charge in [0, 0.05) is 26.4 Å². The van der Waals surface area contributed by atoms with Crippen LogP contribution in [0.5, 0.6) is 0 Å². The molecule has 1 rings (SSSR count). The number of rotatable bonds is 17. The van der Waals surface area contributed by atoms with Crippen molar-refractivity contribution >= 4 is 0 Å². The van der Waals surface area contributed by atoms with E-state index in [1.807, 2.05) is 0 Å². The molecule has 1 heterocycles. The molecule has 0 spiro atoms. The van der Waals surface area contributed by atoms with Crippen molar-refractivity contribution in [2.75, 3.05) is 33.0 Å². The summed E-state index contributed by atoms with van der Waals surface area (Å²) < 4.78 is 30.1. The Bertz CT molecular complexity index is 354. The highest BCUT2D eigenvalue weighted by Crippen LogP contribution is 2.28. The van der Waals surface area contributed by atoms with Gasteiger partial charge in [-0.05, 0) is 25.7 Å². The van der Waals surface area contributed by atoms with E-state index in [-0.39, 0.29) is 18.3 Å². The van der Waals surface area contributed by atoms with Crippen molar-refractivity contribution in [1.82, 2.24) is 0 Å². The quantitative estimate of drug-likeness (QED) is 0.369. The van der Waals surface area contributed by atoms with Gasteiger partial charge in [0.1, 0.15) is 24.4 Å². The van der Waals surface area contributed by atoms with Crippen LogP contribution in [-0.4, -0.2) is 68.8 Å². The van der Waals surface area contributed by atoms with E-state index >= 15 is 0 Å². The lowest BCUT2D eigenvalue weighted by atomic mass is 9.98. The molecular formula is C22H44O6. The molecule has 0 bridgehead atoms. The summed E-state index contributed by atoms with van der Waals surface area (Å²) in [6.45, 7) is 11.5. The fraction of sp³-hybridized carbons (Fsp3) is 1.00. The second-order valence-electron chi connectivity index (χ2n) is 7.56. The van der Waals surface area contributed by atoms with Gasteiger partial charge in [0.2, 0.25) is 0 Å². The summed E-state index contributed by atoms with van der Waals surface area (Å²) in [5.74, 6) is 0. The van der Waals surface area contributed by atoms with Gasteiger partial charge >= 0.3 is 0 Å². The third kappa shape index (κ3) is 9.51. The molecular weight excluding hydrogens is 360 g/mol. The van der Waals surface area contributed by atoms with Crippen LogP contribution in [0.15, 0.2) is 0 Å². The first-order valence-corrected chi connectivity index (χ1v) is 11.5. The molecule has 0 amide bonds. The van der Waals surface area contributed by atoms with E-state index in [2.05, 4.69) is 27.7 Å². The molecule has 0 saturated carbocycles. The van der Waals surface area contributed by atoms with E-state index in [4.69, 9.17) is 23.7 Å². The topological polar surface area (TPSA) is 66.4 Å². The molecule has 0 aliphatic carbocycles. The van der Waals surface area contributed by atoms with E-state index in [1.165, 1.54) is 0 Å². The Hall–Kier alpha value is -0.240. The Morgan fingerprint density at radius 2 is 1.11 bits per heavy atom. The van der Waals surface area contributed by atoms with Crippen LogP contribution in [0.4, 0.5) is 0 Å². The van der Waals surface area contributed by atoms with Crippen LogP contribution in [0, 0.1) is 0 Å². The van der Waals surface area contributed by atoms with Gasteiger partial charge in [0.25, 0.3) is 0 Å². The van der Waals surface area contributed by atoms with Gasteiger partial charge in [-0.25, -0.2) is 0 Å². The summed E-state index contributed by atoms with van der Waals surface area (Å²) in [5, 5.41) is 10.6. The molecule has 1 aliphatic rings. The second kappa shape index (κ2) is 16.5. The maximum Gasteiger partial charge on any atom is 0.184 e. The predicted molar refractivity (Wildman–Crippen MR) is 111 cm³/mol. The minimum absolute atomic E-state index is 0.306. The van der Waals surface area contributed by atoms with E-state index < -0.39 is 12.4 Å². The van der Waals surface area contributed by atoms with E-state index in [0.717, 1.165) is 51.4 Å². The van der Waals surface area contributed by atoms with Gasteiger partial charge in [-0.2, -0.15) is 0 Å². The summed E-state index contributed by atoms with van der Waals surface area (Å²) >= 11 is 0. The number of aliphatic hydroxyl groups excluding tert-OH is 1. The zero-order valence-electron chi connectivity index (χ0n) is 18.6. The molecule has 168 valence electrons. The van der Waals surface area contributed by atoms with Gasteiger partial charge in [0.15, 0.2) is 6.29 Å². The number of hydrogen-bond acceptors (Lipinski definition) is 6. The van der Waals surface area contributed by atoms with Gasteiger partial charge in [-0.3, -0.25) is 0 Å². The van der Waals surface area contributed by atoms with E-state index in [0.29, 0.717) is 33.0 Å². The predicted octanol–water partition coefficient (Wildman–Crippen LogP) is 4.08. The first-order chi connectivity index (χ1) is 13.7. The van der Waals surface area contributed by atoms with Gasteiger partial charge in [-0.15, -0.1) is 0 Å². The molecule has 5 unspecified atom stereocenters. The Labute approximate surface area is 172 Å². The van der Waals surface area contributed by atoms with Crippen molar-refractivity contribution < 1.29 is 28.8 Å². The second-order valence-corrected chi connectivity index (χ2v) is 7.56. The molecule has 0 radical (unpaired) electrons. The molecule has 1 aliphatic heterocycles. The average molecular weight is 405 g/mol. The Morgan fingerprint density at radius 1 is 0.643 bits per heavy atom. The Balaban J connectivity index is 2.84. The summed E-state index contributed by atoms with van der Waals surface area (Å²) in [4.78, 5) is 0. The number of ether oxygens (including phenoxy) is 5. The zero-order valence-corrected chi connectivity index (χ0v) is 18.6. The van der Waals surface area contributed by atoms with Crippen LogP contribution in [0.2, 0.25) is 0 Å². The van der Waals surface area contributed by atoms with Crippen LogP contribution in [0.3, 0.4) is 0 Å². The lowest BCUT2D eigenvalue weighted by Crippen LogP contribution is -2.61. The normalized spacial score (nSPS) is 28.0. The smallest absolute Gasteiger partial charge is 0.184 e. The SMILES string of the molecule is CCCCOCC1OC(O)C(OCCCC)C(OCCCC)C1OCCCC. The van der Waals surface area contributed by atoms with Crippen LogP contribution in [-0.2, 0) is 23.7 Å². The van der Waals surface area contributed by atoms with Crippen molar-refractivity contribution in [2.24, 2.45) is 0 Å². The molecule has 1 fully saturated rings. The van der Waals surface area contributed by atoms with Crippen molar-refractivity contribution in [3.8, 4) is 0 Å². The third-order valence-electron chi connectivity index (χ3n) is 4.96. The maximum atomic E-state index is 10.6. The minimum Gasteiger partial charge on any atom is -0.379 e. The summed E-state index contributed by atoms with van der Waals surface area (Å²) in [5.41, 5.74) is 0. The molecule has 5 atom stereocenters. The summed E-state index contributed by atoms with van der Waals surface area (Å²) in [7, 11) is 0. The van der Waals surface area contributed by atoms with Crippen LogP contribution < -0.4 is 0 Å². The van der Waals surface area contributed by atoms with Crippen LogP contribution in [0.1, 0.15) is 79.1 Å². The first kappa shape index (κ1) is 25.8. The first-order valence-electron chi connectivity index (χ1n) is 11.5. The van der Waals surface area contributed by atoms with Gasteiger partial charge in [0.05, 0.1) is 6.61 Å². The van der Waals surface area contributed by atoms with Crippen molar-refractivity contribution in [3.05, 3.63) is 0 Å². The molecule has 28 heavy (non-hydrogen) atoms. The van der Waals surface area contributed by atoms with Gasteiger partial charge < -0.3 is 28.8 Å². The lowest BCUT2D eigenvalue weighted by Gasteiger charge is -2.44. The molecule has 1 N–H and O–H groups in total. The highest BCUT2D eigenvalue weighted by Gasteiger charge is 2.47. The van der Waals surface area contributed by atoms with Crippen LogP contribution in [0.25, 0.3) is 0 Å². The molecule has 6 nitrogen and oxygen atoms in total. The van der Waals surface area contributed by atoms with Crippen LogP contribution >= 0.6 is 0 Å². The number of hydrogen-bond donors (Lipinski definition) is 1. The monoisotopic (exact) mass is 404 g/mol. The Morgan fingerprint density at radius 3 is 1.64 bits per heavy atom. The Kier molecular flexibility index (Phi) is 15.2. The van der Waals surface area contributed by atoms with E-state index in [1.54, 1.807) is 0 Å². The summed E-state index contributed by atoms with van der Waals surface area (Å²) in [6.07, 6.45) is 5.53. The van der Waals surface area contributed by atoms with Crippen molar-refractivity contribution in [1.29, 1.82) is 0 Å².